The molecule has 5 rings (SSSR count). The van der Waals surface area contributed by atoms with E-state index in [2.05, 4.69) is 26.6 Å². The number of halogens is 1. The fraction of sp³-hybridized carbons (Fsp3) is 0.483. The number of ether oxygens (including phenoxy) is 3. The number of aliphatic hydroxyl groups is 1. The van der Waals surface area contributed by atoms with Crippen LogP contribution in [-0.2, 0) is 19.1 Å². The molecule has 10 nitrogen and oxygen atoms in total. The minimum Gasteiger partial charge on any atom is -0.497 e. The molecule has 3 amide bonds. The van der Waals surface area contributed by atoms with Gasteiger partial charge in [-0.15, -0.1) is 0 Å². The molecule has 3 N–H and O–H groups in total. The number of carbonyl (C=O) groups excluding carboxylic acids is 3. The van der Waals surface area contributed by atoms with Crippen LogP contribution in [0.1, 0.15) is 26.7 Å². The fourth-order valence-corrected chi connectivity index (χ4v) is 7.33. The minimum absolute atomic E-state index is 0.238. The molecule has 3 aliphatic rings. The highest BCUT2D eigenvalue weighted by Gasteiger charge is 2.77. The first-order valence-electron chi connectivity index (χ1n) is 13.5. The molecule has 2 bridgehead atoms. The summed E-state index contributed by atoms with van der Waals surface area (Å²) in [5.74, 6) is -1.51. The smallest absolute Gasteiger partial charge is 0.250 e. The normalized spacial score (nSPS) is 29.2. The largest absolute Gasteiger partial charge is 0.497 e. The quantitative estimate of drug-likeness (QED) is 0.350. The maximum atomic E-state index is 14.1. The molecule has 214 valence electrons. The van der Waals surface area contributed by atoms with E-state index in [1.165, 1.54) is 4.90 Å². The van der Waals surface area contributed by atoms with Gasteiger partial charge >= 0.3 is 0 Å². The average molecular weight is 617 g/mol. The van der Waals surface area contributed by atoms with Crippen LogP contribution in [0.5, 0.6) is 11.5 Å². The lowest BCUT2D eigenvalue weighted by Gasteiger charge is -2.36. The number of benzene rings is 2. The zero-order valence-electron chi connectivity index (χ0n) is 22.6. The number of rotatable bonds is 10. The van der Waals surface area contributed by atoms with Crippen molar-refractivity contribution in [1.29, 1.82) is 0 Å². The van der Waals surface area contributed by atoms with Crippen molar-refractivity contribution in [2.75, 3.05) is 31.0 Å². The van der Waals surface area contributed by atoms with Gasteiger partial charge in [-0.3, -0.25) is 14.4 Å². The molecule has 2 aromatic rings. The van der Waals surface area contributed by atoms with Crippen molar-refractivity contribution in [2.45, 2.75) is 55.3 Å². The Morgan fingerprint density at radius 1 is 1.07 bits per heavy atom. The number of carbonyl (C=O) groups is 3. The van der Waals surface area contributed by atoms with E-state index in [0.29, 0.717) is 42.3 Å². The average Bonchev–Trinajstić information content (AvgIpc) is 3.54. The van der Waals surface area contributed by atoms with Crippen LogP contribution in [0.2, 0.25) is 0 Å². The summed E-state index contributed by atoms with van der Waals surface area (Å²) in [5, 5.41) is 16.0. The number of alkyl halides is 1. The highest BCUT2D eigenvalue weighted by Crippen LogP contribution is 2.60. The number of nitrogens with one attached hydrogen (secondary N) is 2. The predicted molar refractivity (Wildman–Crippen MR) is 152 cm³/mol. The van der Waals surface area contributed by atoms with Crippen molar-refractivity contribution < 1.29 is 33.7 Å². The lowest BCUT2D eigenvalue weighted by molar-refractivity contribution is -0.143. The number of likely N-dealkylation sites (tertiary alicyclic amines) is 1. The molecule has 3 saturated heterocycles. The van der Waals surface area contributed by atoms with E-state index < -0.39 is 41.5 Å². The van der Waals surface area contributed by atoms with Gasteiger partial charge in [-0.25, -0.2) is 0 Å². The number of fused-ring (bicyclic) bond motifs is 1. The van der Waals surface area contributed by atoms with Crippen molar-refractivity contribution in [3.05, 3.63) is 48.5 Å². The summed E-state index contributed by atoms with van der Waals surface area (Å²) in [4.78, 5) is 42.9. The molecule has 1 spiro atoms. The molecule has 0 aliphatic carbocycles. The third-order valence-electron chi connectivity index (χ3n) is 8.14. The molecule has 3 fully saturated rings. The van der Waals surface area contributed by atoms with Crippen LogP contribution in [-0.4, -0.2) is 76.7 Å². The molecule has 7 atom stereocenters. The third kappa shape index (κ3) is 4.73. The van der Waals surface area contributed by atoms with Crippen molar-refractivity contribution in [1.82, 2.24) is 4.90 Å². The molecule has 2 aromatic carbocycles. The lowest BCUT2D eigenvalue weighted by Crippen LogP contribution is -2.56. The maximum absolute atomic E-state index is 14.1. The third-order valence-corrected chi connectivity index (χ3v) is 8.99. The van der Waals surface area contributed by atoms with Gasteiger partial charge in [-0.05, 0) is 68.3 Å². The maximum Gasteiger partial charge on any atom is 0.250 e. The Hall–Kier alpha value is -3.15. The second kappa shape index (κ2) is 11.4. The van der Waals surface area contributed by atoms with Crippen LogP contribution in [0, 0.1) is 11.8 Å². The Balaban J connectivity index is 1.46. The summed E-state index contributed by atoms with van der Waals surface area (Å²) in [5.41, 5.74) is -0.132. The topological polar surface area (TPSA) is 126 Å². The molecular weight excluding hydrogens is 582 g/mol. The van der Waals surface area contributed by atoms with Crippen LogP contribution in [0.4, 0.5) is 11.4 Å². The Labute approximate surface area is 241 Å². The van der Waals surface area contributed by atoms with Gasteiger partial charge in [0.2, 0.25) is 17.7 Å². The van der Waals surface area contributed by atoms with Gasteiger partial charge in [0.05, 0.1) is 44.3 Å². The number of hydrogen-bond donors (Lipinski definition) is 3. The fourth-order valence-electron chi connectivity index (χ4n) is 6.39. The van der Waals surface area contributed by atoms with Crippen molar-refractivity contribution in [3.8, 4) is 11.5 Å². The first-order valence-corrected chi connectivity index (χ1v) is 14.4. The van der Waals surface area contributed by atoms with Crippen molar-refractivity contribution in [3.63, 3.8) is 0 Å². The number of aliphatic hydroxyl groups excluding tert-OH is 1. The summed E-state index contributed by atoms with van der Waals surface area (Å²) in [7, 11) is 1.56. The number of methoxy groups -OCH3 is 1. The molecule has 0 radical (unpaired) electrons. The molecule has 0 saturated carbocycles. The van der Waals surface area contributed by atoms with Crippen LogP contribution in [0.25, 0.3) is 0 Å². The molecule has 40 heavy (non-hydrogen) atoms. The van der Waals surface area contributed by atoms with Crippen LogP contribution in [0.15, 0.2) is 48.5 Å². The second-order valence-electron chi connectivity index (χ2n) is 10.3. The molecule has 3 aliphatic heterocycles. The predicted octanol–water partition coefficient (Wildman–Crippen LogP) is 3.19. The van der Waals surface area contributed by atoms with Crippen LogP contribution >= 0.6 is 15.9 Å². The van der Waals surface area contributed by atoms with Gasteiger partial charge in [-0.2, -0.15) is 0 Å². The van der Waals surface area contributed by atoms with Crippen LogP contribution in [0.3, 0.4) is 0 Å². The Morgan fingerprint density at radius 3 is 2.23 bits per heavy atom. The highest BCUT2D eigenvalue weighted by atomic mass is 79.9. The Kier molecular flexibility index (Phi) is 8.08. The molecule has 0 aromatic heterocycles. The van der Waals surface area contributed by atoms with E-state index in [0.717, 1.165) is 0 Å². The first kappa shape index (κ1) is 28.4. The molecular formula is C29H34BrN3O7. The molecule has 3 unspecified atom stereocenters. The number of nitrogens with zero attached hydrogens (tertiary/aromatic N) is 1. The summed E-state index contributed by atoms with van der Waals surface area (Å²) in [6, 6.07) is 12.3. The van der Waals surface area contributed by atoms with Gasteiger partial charge < -0.3 is 34.9 Å². The Morgan fingerprint density at radius 2 is 1.68 bits per heavy atom. The molecule has 3 heterocycles. The van der Waals surface area contributed by atoms with Gasteiger partial charge in [0, 0.05) is 16.2 Å². The summed E-state index contributed by atoms with van der Waals surface area (Å²) in [6.45, 7) is 3.95. The van der Waals surface area contributed by atoms with Gasteiger partial charge in [-0.1, -0.05) is 22.9 Å². The van der Waals surface area contributed by atoms with E-state index in [1.54, 1.807) is 55.6 Å². The zero-order chi connectivity index (χ0) is 28.6. The van der Waals surface area contributed by atoms with Gasteiger partial charge in [0.15, 0.2) is 0 Å². The van der Waals surface area contributed by atoms with Gasteiger partial charge in [0.25, 0.3) is 0 Å². The zero-order valence-corrected chi connectivity index (χ0v) is 24.2. The van der Waals surface area contributed by atoms with E-state index in [4.69, 9.17) is 14.2 Å². The Bertz CT molecular complexity index is 1250. The summed E-state index contributed by atoms with van der Waals surface area (Å²) >= 11 is 3.67. The second-order valence-corrected chi connectivity index (χ2v) is 11.5. The van der Waals surface area contributed by atoms with E-state index in [1.807, 2.05) is 13.8 Å². The number of hydrogen-bond acceptors (Lipinski definition) is 7. The van der Waals surface area contributed by atoms with Crippen LogP contribution < -0.4 is 20.1 Å². The van der Waals surface area contributed by atoms with E-state index >= 15 is 0 Å². The SMILES string of the molecule is CCOc1ccc(NC(=O)[C@H]2[C@H]3C(=O)N([C@@H](CC)CO)C(C(=O)Nc4ccc(OC)cc4)C34CC(Br)[C@@H]2O4)cc1. The van der Waals surface area contributed by atoms with E-state index in [-0.39, 0.29) is 23.2 Å². The van der Waals surface area contributed by atoms with Crippen molar-refractivity contribution >= 4 is 45.0 Å². The summed E-state index contributed by atoms with van der Waals surface area (Å²) < 4.78 is 17.2. The minimum atomic E-state index is -1.23. The standard InChI is InChI=1S/C29H34BrN3O7/c1-4-18(15-34)33-25(27(36)32-17-6-10-19(38-3)11-7-17)29-14-21(30)24(40-29)22(23(29)28(33)37)26(35)31-16-8-12-20(13-9-16)39-5-2/h6-13,18,21-25,34H,4-5,14-15H2,1-3H3,(H,31,35)(H,32,36)/t18-,21?,22-,23-,24-,25?,29?/m0/s1. The first-order chi connectivity index (χ1) is 19.3. The highest BCUT2D eigenvalue weighted by molar-refractivity contribution is 9.09. The van der Waals surface area contributed by atoms with Gasteiger partial charge in [0.1, 0.15) is 23.1 Å². The number of anilines is 2. The lowest BCUT2D eigenvalue weighted by atomic mass is 9.70. The summed E-state index contributed by atoms with van der Waals surface area (Å²) in [6.07, 6.45) is 0.214. The number of amides is 3. The monoisotopic (exact) mass is 615 g/mol. The molecule has 11 heteroatoms. The van der Waals surface area contributed by atoms with Crippen molar-refractivity contribution in [2.24, 2.45) is 11.8 Å². The van der Waals surface area contributed by atoms with E-state index in [9.17, 15) is 19.5 Å².